The van der Waals surface area contributed by atoms with Gasteiger partial charge in [0.25, 0.3) is 0 Å². The molecule has 0 spiro atoms. The van der Waals surface area contributed by atoms with Gasteiger partial charge in [0.15, 0.2) is 5.82 Å². The van der Waals surface area contributed by atoms with Crippen molar-refractivity contribution >= 4 is 52.1 Å². The van der Waals surface area contributed by atoms with E-state index in [-0.39, 0.29) is 6.03 Å². The number of benzene rings is 2. The zero-order valence-corrected chi connectivity index (χ0v) is 22.4. The van der Waals surface area contributed by atoms with E-state index >= 15 is 0 Å². The number of pyridine rings is 1. The maximum atomic E-state index is 13.3. The summed E-state index contributed by atoms with van der Waals surface area (Å²) < 4.78 is 0. The number of urea groups is 1. The minimum atomic E-state index is -0.0882. The summed E-state index contributed by atoms with van der Waals surface area (Å²) >= 11 is 6.38. The van der Waals surface area contributed by atoms with E-state index in [0.29, 0.717) is 36.3 Å². The van der Waals surface area contributed by atoms with E-state index in [4.69, 9.17) is 11.6 Å². The lowest BCUT2D eigenvalue weighted by Gasteiger charge is -2.36. The van der Waals surface area contributed by atoms with Crippen LogP contribution in [0.1, 0.15) is 16.7 Å². The average molecular weight is 541 g/mol. The number of aromatic nitrogens is 3. The van der Waals surface area contributed by atoms with Crippen LogP contribution >= 0.6 is 11.6 Å². The molecule has 0 saturated carbocycles. The molecule has 9 nitrogen and oxygen atoms in total. The van der Waals surface area contributed by atoms with Gasteiger partial charge >= 0.3 is 6.03 Å². The maximum Gasteiger partial charge on any atom is 0.321 e. The van der Waals surface area contributed by atoms with E-state index in [9.17, 15) is 4.79 Å². The molecule has 10 heteroatoms. The number of amides is 2. The van der Waals surface area contributed by atoms with Crippen LogP contribution in [0.15, 0.2) is 67.1 Å². The van der Waals surface area contributed by atoms with E-state index in [1.54, 1.807) is 12.4 Å². The Labute approximate surface area is 232 Å². The lowest BCUT2D eigenvalue weighted by atomic mass is 10.0. The smallest absolute Gasteiger partial charge is 0.321 e. The van der Waals surface area contributed by atoms with Gasteiger partial charge in [-0.1, -0.05) is 29.3 Å². The average Bonchev–Trinajstić information content (AvgIpc) is 2.95. The summed E-state index contributed by atoms with van der Waals surface area (Å²) in [4.78, 5) is 30.7. The molecule has 2 aliphatic rings. The fourth-order valence-electron chi connectivity index (χ4n) is 4.87. The minimum absolute atomic E-state index is 0.0882. The predicted octanol–water partition coefficient (Wildman–Crippen LogP) is 5.77. The summed E-state index contributed by atoms with van der Waals surface area (Å²) in [5, 5.41) is 10.1. The van der Waals surface area contributed by atoms with Crippen molar-refractivity contribution in [1.82, 2.24) is 19.9 Å². The van der Waals surface area contributed by atoms with Crippen molar-refractivity contribution in [3.05, 3.63) is 88.8 Å². The number of nitrogens with zero attached hydrogens (tertiary/aromatic N) is 5. The van der Waals surface area contributed by atoms with Crippen LogP contribution in [-0.2, 0) is 12.8 Å². The van der Waals surface area contributed by atoms with Crippen LogP contribution in [-0.4, -0.2) is 52.1 Å². The Morgan fingerprint density at radius 1 is 0.923 bits per heavy atom. The molecule has 0 atom stereocenters. The highest BCUT2D eigenvalue weighted by Crippen LogP contribution is 2.29. The molecule has 0 aliphatic carbocycles. The van der Waals surface area contributed by atoms with Gasteiger partial charge in [-0.25, -0.2) is 9.78 Å². The lowest BCUT2D eigenvalue weighted by Crippen LogP contribution is -2.50. The Balaban J connectivity index is 1.21. The van der Waals surface area contributed by atoms with E-state index in [1.165, 1.54) is 11.3 Å². The van der Waals surface area contributed by atoms with Crippen molar-refractivity contribution in [3.63, 3.8) is 0 Å². The second kappa shape index (κ2) is 10.8. The maximum absolute atomic E-state index is 13.3. The molecule has 2 aromatic heterocycles. The first-order valence-corrected chi connectivity index (χ1v) is 13.4. The standard InChI is InChI=1S/C29H29ClN8O/c1-19-2-7-24(8-3-19)37-10-12-38(13-11-37)29(39)35-26-9-6-22-15-21(26)5-4-20-14-23(17-31-16-20)34-28-32-18-25(30)27(33-22)36-28/h2-3,6-9,14-18H,4-5,10-13H2,1H3,(H,35,39)(H2,32,33,34,36). The number of nitrogens with one attached hydrogen (secondary N) is 3. The molecule has 4 aromatic rings. The van der Waals surface area contributed by atoms with Gasteiger partial charge in [0.1, 0.15) is 5.02 Å². The zero-order chi connectivity index (χ0) is 26.8. The van der Waals surface area contributed by atoms with E-state index in [0.717, 1.165) is 47.7 Å². The van der Waals surface area contributed by atoms with Gasteiger partial charge in [-0.2, -0.15) is 4.98 Å². The van der Waals surface area contributed by atoms with Gasteiger partial charge in [-0.05, 0) is 67.3 Å². The number of piperazine rings is 1. The number of anilines is 6. The largest absolute Gasteiger partial charge is 0.368 e. The van der Waals surface area contributed by atoms with Gasteiger partial charge in [0, 0.05) is 49.4 Å². The van der Waals surface area contributed by atoms with Crippen LogP contribution in [0.3, 0.4) is 0 Å². The third-order valence-electron chi connectivity index (χ3n) is 7.05. The first kappa shape index (κ1) is 24.9. The van der Waals surface area contributed by atoms with Crippen LogP contribution in [0, 0.1) is 6.92 Å². The van der Waals surface area contributed by atoms with Crippen LogP contribution < -0.4 is 20.9 Å². The van der Waals surface area contributed by atoms with Crippen molar-refractivity contribution in [2.45, 2.75) is 19.8 Å². The topological polar surface area (TPSA) is 98.3 Å². The van der Waals surface area contributed by atoms with Gasteiger partial charge in [-0.3, -0.25) is 4.98 Å². The normalized spacial score (nSPS) is 14.7. The number of carbonyl (C=O) groups excluding carboxylic acids is 1. The first-order valence-electron chi connectivity index (χ1n) is 13.0. The molecule has 2 aliphatic heterocycles. The Morgan fingerprint density at radius 3 is 2.56 bits per heavy atom. The summed E-state index contributed by atoms with van der Waals surface area (Å²) in [6.07, 6.45) is 6.62. The molecular formula is C29H29ClN8O. The summed E-state index contributed by atoms with van der Waals surface area (Å²) in [6, 6.07) is 16.4. The van der Waals surface area contributed by atoms with Crippen LogP contribution in [0.5, 0.6) is 0 Å². The SMILES string of the molecule is Cc1ccc(N2CCN(C(=O)Nc3ccc4cc3CCc3cncc(c3)Nc3ncc(Cl)c(n3)N4)CC2)cc1. The summed E-state index contributed by atoms with van der Waals surface area (Å²) in [5.41, 5.74) is 6.92. The highest BCUT2D eigenvalue weighted by Gasteiger charge is 2.22. The highest BCUT2D eigenvalue weighted by atomic mass is 35.5. The second-order valence-electron chi connectivity index (χ2n) is 9.83. The summed E-state index contributed by atoms with van der Waals surface area (Å²) in [5.74, 6) is 0.915. The number of hydrogen-bond donors (Lipinski definition) is 3. The van der Waals surface area contributed by atoms with Gasteiger partial charge in [0.05, 0.1) is 18.1 Å². The monoisotopic (exact) mass is 540 g/mol. The molecule has 1 fully saturated rings. The fourth-order valence-corrected chi connectivity index (χ4v) is 5.01. The molecule has 2 amide bonds. The zero-order valence-electron chi connectivity index (χ0n) is 21.6. The molecule has 0 radical (unpaired) electrons. The van der Waals surface area contributed by atoms with E-state index < -0.39 is 0 Å². The molecule has 6 rings (SSSR count). The van der Waals surface area contributed by atoms with Crippen molar-refractivity contribution in [2.75, 3.05) is 47.0 Å². The third kappa shape index (κ3) is 5.73. The van der Waals surface area contributed by atoms with Crippen LogP contribution in [0.25, 0.3) is 0 Å². The quantitative estimate of drug-likeness (QED) is 0.297. The Hall–Kier alpha value is -4.37. The van der Waals surface area contributed by atoms with Crippen molar-refractivity contribution in [3.8, 4) is 0 Å². The van der Waals surface area contributed by atoms with Crippen LogP contribution in [0.2, 0.25) is 5.02 Å². The lowest BCUT2D eigenvalue weighted by molar-refractivity contribution is 0.208. The number of fused-ring (bicyclic) bond motifs is 6. The molecule has 4 heterocycles. The van der Waals surface area contributed by atoms with Crippen molar-refractivity contribution in [2.24, 2.45) is 0 Å². The Kier molecular flexibility index (Phi) is 6.89. The minimum Gasteiger partial charge on any atom is -0.368 e. The van der Waals surface area contributed by atoms with Gasteiger partial charge in [0.2, 0.25) is 5.95 Å². The number of aryl methyl sites for hydroxylation is 3. The Morgan fingerprint density at radius 2 is 1.74 bits per heavy atom. The molecule has 0 unspecified atom stereocenters. The summed E-state index contributed by atoms with van der Waals surface area (Å²) in [7, 11) is 0. The van der Waals surface area contributed by atoms with Gasteiger partial charge < -0.3 is 25.8 Å². The summed E-state index contributed by atoms with van der Waals surface area (Å²) in [6.45, 7) is 5.01. The predicted molar refractivity (Wildman–Crippen MR) is 156 cm³/mol. The number of hydrogen-bond acceptors (Lipinski definition) is 7. The van der Waals surface area contributed by atoms with Gasteiger partial charge in [-0.15, -0.1) is 0 Å². The molecular weight excluding hydrogens is 512 g/mol. The number of rotatable bonds is 2. The number of carbonyl (C=O) groups is 1. The van der Waals surface area contributed by atoms with Crippen LogP contribution in [0.4, 0.5) is 39.3 Å². The van der Waals surface area contributed by atoms with Crippen molar-refractivity contribution < 1.29 is 4.79 Å². The fraction of sp³-hybridized carbons (Fsp3) is 0.241. The molecule has 3 N–H and O–H groups in total. The first-order chi connectivity index (χ1) is 19.0. The highest BCUT2D eigenvalue weighted by molar-refractivity contribution is 6.32. The molecule has 6 bridgehead atoms. The third-order valence-corrected chi connectivity index (χ3v) is 7.33. The number of halogens is 1. The van der Waals surface area contributed by atoms with E-state index in [1.807, 2.05) is 35.4 Å². The molecule has 1 saturated heterocycles. The van der Waals surface area contributed by atoms with E-state index in [2.05, 4.69) is 67.0 Å². The Bertz CT molecular complexity index is 1500. The molecule has 39 heavy (non-hydrogen) atoms. The molecule has 2 aromatic carbocycles. The second-order valence-corrected chi connectivity index (χ2v) is 10.2. The van der Waals surface area contributed by atoms with Crippen molar-refractivity contribution in [1.29, 1.82) is 0 Å². The molecule has 198 valence electrons.